The number of para-hydroxylation sites is 1. The first-order chi connectivity index (χ1) is 22.3. The highest BCUT2D eigenvalue weighted by atomic mass is 16.5. The molecule has 0 spiro atoms. The lowest BCUT2D eigenvalue weighted by molar-refractivity contribution is 0.150. The molecule has 9 rings (SSSR count). The molecule has 5 heterocycles. The summed E-state index contributed by atoms with van der Waals surface area (Å²) in [5.41, 5.74) is 8.60. The second-order valence-electron chi connectivity index (χ2n) is 10.9. The molecule has 1 N–H and O–H groups in total. The predicted octanol–water partition coefficient (Wildman–Crippen LogP) is 8.81. The number of ether oxygens (including phenoxy) is 1. The highest BCUT2D eigenvalue weighted by Gasteiger charge is 2.21. The van der Waals surface area contributed by atoms with Gasteiger partial charge in [0.05, 0.1) is 28.6 Å². The highest BCUT2D eigenvalue weighted by molar-refractivity contribution is 6.24. The molecule has 0 fully saturated rings. The zero-order valence-corrected chi connectivity index (χ0v) is 24.0. The van der Waals surface area contributed by atoms with Gasteiger partial charge in [0.15, 0.2) is 0 Å². The fraction of sp³-hybridized carbons (Fsp3) is 0.0263. The first kappa shape index (κ1) is 25.3. The van der Waals surface area contributed by atoms with Crippen LogP contribution in [0.4, 0.5) is 0 Å². The van der Waals surface area contributed by atoms with E-state index in [2.05, 4.69) is 93.7 Å². The van der Waals surface area contributed by atoms with Crippen molar-refractivity contribution in [1.82, 2.24) is 24.8 Å². The molecule has 1 aliphatic rings. The SMILES string of the molecule is C1=COC(c2cccc(-c3cc4c(c5ccccc35)c3ccc(-c5cccc(-c6ncco6)n5)cc3n4-c3ccccc3)n2)N1. The van der Waals surface area contributed by atoms with Crippen molar-refractivity contribution in [1.29, 1.82) is 0 Å². The van der Waals surface area contributed by atoms with Crippen LogP contribution in [0.25, 0.3) is 72.4 Å². The van der Waals surface area contributed by atoms with Gasteiger partial charge in [-0.2, -0.15) is 0 Å². The van der Waals surface area contributed by atoms with E-state index < -0.39 is 0 Å². The van der Waals surface area contributed by atoms with E-state index in [0.717, 1.165) is 50.3 Å². The van der Waals surface area contributed by atoms with E-state index in [1.807, 2.05) is 36.4 Å². The van der Waals surface area contributed by atoms with Gasteiger partial charge < -0.3 is 19.0 Å². The van der Waals surface area contributed by atoms with Crippen LogP contribution in [0.2, 0.25) is 0 Å². The van der Waals surface area contributed by atoms with Crippen molar-refractivity contribution < 1.29 is 9.15 Å². The van der Waals surface area contributed by atoms with Crippen molar-refractivity contribution in [2.45, 2.75) is 6.23 Å². The van der Waals surface area contributed by atoms with E-state index in [4.69, 9.17) is 19.1 Å². The van der Waals surface area contributed by atoms with Crippen LogP contribution in [-0.4, -0.2) is 19.5 Å². The maximum Gasteiger partial charge on any atom is 0.245 e. The summed E-state index contributed by atoms with van der Waals surface area (Å²) in [6.07, 6.45) is 6.36. The van der Waals surface area contributed by atoms with Crippen LogP contribution in [0.3, 0.4) is 0 Å². The Bertz CT molecular complexity index is 2390. The minimum absolute atomic E-state index is 0.301. The summed E-state index contributed by atoms with van der Waals surface area (Å²) in [7, 11) is 0. The summed E-state index contributed by atoms with van der Waals surface area (Å²) in [5.74, 6) is 0.500. The Morgan fingerprint density at radius 2 is 1.49 bits per heavy atom. The Labute approximate surface area is 258 Å². The van der Waals surface area contributed by atoms with E-state index in [1.54, 1.807) is 24.9 Å². The van der Waals surface area contributed by atoms with Crippen molar-refractivity contribution in [3.05, 3.63) is 146 Å². The predicted molar refractivity (Wildman–Crippen MR) is 176 cm³/mol. The van der Waals surface area contributed by atoms with E-state index in [1.165, 1.54) is 16.2 Å². The van der Waals surface area contributed by atoms with Gasteiger partial charge >= 0.3 is 0 Å². The van der Waals surface area contributed by atoms with Crippen molar-refractivity contribution in [2.24, 2.45) is 0 Å². The van der Waals surface area contributed by atoms with Crippen LogP contribution in [0.1, 0.15) is 11.9 Å². The zero-order valence-electron chi connectivity index (χ0n) is 24.0. The second-order valence-corrected chi connectivity index (χ2v) is 10.9. The molecule has 4 aromatic heterocycles. The van der Waals surface area contributed by atoms with Gasteiger partial charge in [-0.25, -0.2) is 15.0 Å². The molecular formula is C38H25N5O2. The first-order valence-corrected chi connectivity index (χ1v) is 14.8. The van der Waals surface area contributed by atoms with Crippen LogP contribution < -0.4 is 5.32 Å². The lowest BCUT2D eigenvalue weighted by Crippen LogP contribution is -2.13. The average molecular weight is 584 g/mol. The Balaban J connectivity index is 1.32. The number of nitrogens with zero attached hydrogens (tertiary/aromatic N) is 4. The number of fused-ring (bicyclic) bond motifs is 5. The topological polar surface area (TPSA) is 78.0 Å². The molecule has 7 heteroatoms. The normalized spacial score (nSPS) is 14.3. The van der Waals surface area contributed by atoms with E-state index >= 15 is 0 Å². The third-order valence-corrected chi connectivity index (χ3v) is 8.33. The van der Waals surface area contributed by atoms with E-state index in [-0.39, 0.29) is 6.23 Å². The molecule has 1 aliphatic heterocycles. The third-order valence-electron chi connectivity index (χ3n) is 8.33. The third kappa shape index (κ3) is 4.17. The van der Waals surface area contributed by atoms with Crippen LogP contribution in [-0.2, 0) is 4.74 Å². The maximum atomic E-state index is 5.71. The zero-order chi connectivity index (χ0) is 29.7. The average Bonchev–Trinajstić information content (AvgIpc) is 3.90. The summed E-state index contributed by atoms with van der Waals surface area (Å²) < 4.78 is 13.6. The molecule has 4 aromatic carbocycles. The minimum Gasteiger partial charge on any atom is -0.471 e. The number of pyridine rings is 2. The van der Waals surface area contributed by atoms with Gasteiger partial charge in [0, 0.05) is 33.8 Å². The monoisotopic (exact) mass is 583 g/mol. The fourth-order valence-corrected chi connectivity index (χ4v) is 6.36. The highest BCUT2D eigenvalue weighted by Crippen LogP contribution is 2.42. The van der Waals surface area contributed by atoms with Gasteiger partial charge in [0.1, 0.15) is 23.9 Å². The standard InChI is InChI=1S/C38H25N5O2/c1-2-8-25(9-3-1)43-34-22-24(30-12-6-14-32(41-30)37-39-18-20-44-37)16-17-28(34)36-27-11-5-4-10-26(27)29(23-35(36)43)31-13-7-15-33(42-31)38-40-19-21-45-38/h1-23,38,40H. The van der Waals surface area contributed by atoms with Gasteiger partial charge in [-0.15, -0.1) is 0 Å². The van der Waals surface area contributed by atoms with Gasteiger partial charge in [-0.05, 0) is 59.3 Å². The minimum atomic E-state index is -0.301. The molecule has 0 saturated heterocycles. The molecule has 8 aromatic rings. The summed E-state index contributed by atoms with van der Waals surface area (Å²) in [4.78, 5) is 14.3. The van der Waals surface area contributed by atoms with Crippen LogP contribution >= 0.6 is 0 Å². The van der Waals surface area contributed by atoms with Crippen molar-refractivity contribution in [3.8, 4) is 39.8 Å². The molecule has 214 valence electrons. The molecule has 1 unspecified atom stereocenters. The van der Waals surface area contributed by atoms with Gasteiger partial charge in [0.2, 0.25) is 12.1 Å². The van der Waals surface area contributed by atoms with Gasteiger partial charge in [-0.3, -0.25) is 0 Å². The molecule has 0 saturated carbocycles. The first-order valence-electron chi connectivity index (χ1n) is 14.8. The molecule has 0 aliphatic carbocycles. The lowest BCUT2D eigenvalue weighted by Gasteiger charge is -2.14. The number of hydrogen-bond donors (Lipinski definition) is 1. The Kier molecular flexibility index (Phi) is 5.74. The number of nitrogens with one attached hydrogen (secondary N) is 1. The number of rotatable bonds is 5. The fourth-order valence-electron chi connectivity index (χ4n) is 6.36. The quantitative estimate of drug-likeness (QED) is 0.218. The Morgan fingerprint density at radius 1 is 0.667 bits per heavy atom. The molecule has 0 radical (unpaired) electrons. The number of oxazole rings is 1. The molecule has 0 bridgehead atoms. The van der Waals surface area contributed by atoms with Crippen LogP contribution in [0.15, 0.2) is 145 Å². The van der Waals surface area contributed by atoms with Crippen molar-refractivity contribution in [2.75, 3.05) is 0 Å². The Hall–Kier alpha value is -6.21. The van der Waals surface area contributed by atoms with E-state index in [0.29, 0.717) is 11.6 Å². The van der Waals surface area contributed by atoms with Crippen LogP contribution in [0, 0.1) is 0 Å². The number of hydrogen-bond acceptors (Lipinski definition) is 6. The number of benzene rings is 4. The summed E-state index contributed by atoms with van der Waals surface area (Å²) in [6.45, 7) is 0. The van der Waals surface area contributed by atoms with Crippen LogP contribution in [0.5, 0.6) is 0 Å². The molecule has 1 atom stereocenters. The lowest BCUT2D eigenvalue weighted by atomic mass is 9.96. The Morgan fingerprint density at radius 3 is 2.33 bits per heavy atom. The smallest absolute Gasteiger partial charge is 0.245 e. The van der Waals surface area contributed by atoms with E-state index in [9.17, 15) is 0 Å². The molecule has 45 heavy (non-hydrogen) atoms. The summed E-state index contributed by atoms with van der Waals surface area (Å²) in [6, 6.07) is 40.0. The summed E-state index contributed by atoms with van der Waals surface area (Å²) >= 11 is 0. The molecule has 0 amide bonds. The van der Waals surface area contributed by atoms with Gasteiger partial charge in [0.25, 0.3) is 0 Å². The van der Waals surface area contributed by atoms with Gasteiger partial charge in [-0.1, -0.05) is 66.7 Å². The van der Waals surface area contributed by atoms with Crippen molar-refractivity contribution >= 4 is 32.6 Å². The maximum absolute atomic E-state index is 5.71. The van der Waals surface area contributed by atoms with Crippen molar-refractivity contribution in [3.63, 3.8) is 0 Å². The molecular weight excluding hydrogens is 558 g/mol. The summed E-state index contributed by atoms with van der Waals surface area (Å²) in [5, 5.41) is 7.89. The number of aromatic nitrogens is 4. The largest absolute Gasteiger partial charge is 0.471 e. The second kappa shape index (κ2) is 10.2. The molecule has 7 nitrogen and oxygen atoms in total.